The van der Waals surface area contributed by atoms with E-state index in [-0.39, 0.29) is 5.91 Å². The number of halogens is 1. The first kappa shape index (κ1) is 17.6. The van der Waals surface area contributed by atoms with E-state index in [0.717, 1.165) is 35.7 Å². The van der Waals surface area contributed by atoms with Crippen molar-refractivity contribution in [2.45, 2.75) is 38.6 Å². The van der Waals surface area contributed by atoms with Gasteiger partial charge in [0.25, 0.3) is 0 Å². The summed E-state index contributed by atoms with van der Waals surface area (Å²) in [5.74, 6) is 0.310. The van der Waals surface area contributed by atoms with Crippen molar-refractivity contribution in [2.75, 3.05) is 11.9 Å². The maximum Gasteiger partial charge on any atom is 0.248 e. The van der Waals surface area contributed by atoms with Crippen molar-refractivity contribution in [1.82, 2.24) is 14.8 Å². The number of carbonyl (C=O) groups is 1. The third-order valence-electron chi connectivity index (χ3n) is 3.38. The molecule has 0 fully saturated rings. The van der Waals surface area contributed by atoms with Gasteiger partial charge in [-0.1, -0.05) is 40.9 Å². The molecular weight excluding hydrogens is 358 g/mol. The first-order valence-electron chi connectivity index (χ1n) is 7.81. The summed E-state index contributed by atoms with van der Waals surface area (Å²) in [6, 6.07) is 8.00. The Hall–Kier alpha value is -1.73. The number of hydrogen-bond donors (Lipinski definition) is 2. The topological polar surface area (TPSA) is 85.8 Å². The Balaban J connectivity index is 1.77. The Morgan fingerprint density at radius 3 is 2.87 bits per heavy atom. The molecule has 0 atom stereocenters. The monoisotopic (exact) mass is 379 g/mol. The van der Waals surface area contributed by atoms with E-state index in [9.17, 15) is 4.79 Å². The summed E-state index contributed by atoms with van der Waals surface area (Å²) in [6.45, 7) is 1.33. The number of carbonyl (C=O) groups excluding carboxylic acids is 1. The number of hydrogen-bond acceptors (Lipinski definition) is 4. The molecule has 0 spiro atoms. The number of nitrogens with zero attached hydrogens (tertiary/aromatic N) is 3. The summed E-state index contributed by atoms with van der Waals surface area (Å²) in [7, 11) is 0. The van der Waals surface area contributed by atoms with Gasteiger partial charge in [0.05, 0.1) is 6.54 Å². The Morgan fingerprint density at radius 2 is 2.09 bits per heavy atom. The van der Waals surface area contributed by atoms with E-state index in [1.54, 1.807) is 11.0 Å². The van der Waals surface area contributed by atoms with Gasteiger partial charge in [-0.05, 0) is 37.1 Å². The van der Waals surface area contributed by atoms with Crippen LogP contribution in [0.3, 0.4) is 0 Å². The fourth-order valence-corrected chi connectivity index (χ4v) is 2.67. The van der Waals surface area contributed by atoms with Gasteiger partial charge in [-0.3, -0.25) is 10.1 Å². The highest BCUT2D eigenvalue weighted by Gasteiger charge is 2.06. The van der Waals surface area contributed by atoms with Gasteiger partial charge >= 0.3 is 0 Å². The van der Waals surface area contributed by atoms with Crippen molar-refractivity contribution in [2.24, 2.45) is 5.73 Å². The van der Waals surface area contributed by atoms with Crippen LogP contribution < -0.4 is 11.1 Å². The number of anilines is 1. The number of amides is 1. The van der Waals surface area contributed by atoms with Crippen LogP contribution in [0.5, 0.6) is 0 Å². The summed E-state index contributed by atoms with van der Waals surface area (Å²) in [5.41, 5.74) is 6.55. The lowest BCUT2D eigenvalue weighted by molar-refractivity contribution is -0.116. The van der Waals surface area contributed by atoms with Gasteiger partial charge in [-0.2, -0.15) is 0 Å². The number of benzene rings is 1. The average molecular weight is 380 g/mol. The third kappa shape index (κ3) is 6.50. The first-order chi connectivity index (χ1) is 11.2. The predicted molar refractivity (Wildman–Crippen MR) is 94.0 cm³/mol. The Bertz CT molecular complexity index is 628. The number of unbranched alkanes of at least 4 members (excludes halogenated alkanes) is 3. The molecule has 6 nitrogen and oxygen atoms in total. The molecule has 0 bridgehead atoms. The fourth-order valence-electron chi connectivity index (χ4n) is 2.22. The van der Waals surface area contributed by atoms with E-state index in [4.69, 9.17) is 5.73 Å². The van der Waals surface area contributed by atoms with Crippen molar-refractivity contribution in [1.29, 1.82) is 0 Å². The molecule has 0 aliphatic rings. The average Bonchev–Trinajstić information content (AvgIpc) is 2.94. The lowest BCUT2D eigenvalue weighted by Crippen LogP contribution is -2.13. The molecule has 0 aliphatic heterocycles. The Morgan fingerprint density at radius 1 is 1.26 bits per heavy atom. The molecule has 0 saturated carbocycles. The first-order valence-corrected chi connectivity index (χ1v) is 8.60. The second-order valence-electron chi connectivity index (χ2n) is 5.40. The Labute approximate surface area is 144 Å². The van der Waals surface area contributed by atoms with Crippen molar-refractivity contribution in [3.63, 3.8) is 0 Å². The Kier molecular flexibility index (Phi) is 7.22. The second kappa shape index (κ2) is 9.42. The number of aromatic nitrogens is 3. The van der Waals surface area contributed by atoms with Gasteiger partial charge in [0.1, 0.15) is 6.33 Å². The molecule has 1 amide bonds. The normalized spacial score (nSPS) is 10.7. The maximum absolute atomic E-state index is 11.8. The standard InChI is InChI=1S/C16H22BrN5O/c17-14-7-5-6-13(10-14)11-22-12-19-16(21-22)20-15(23)8-3-1-2-4-9-18/h5-7,10,12H,1-4,8-9,11,18H2,(H,20,21,23). The van der Waals surface area contributed by atoms with Crippen molar-refractivity contribution >= 4 is 27.8 Å². The molecule has 124 valence electrons. The molecule has 7 heteroatoms. The van der Waals surface area contributed by atoms with Crippen LogP contribution in [-0.4, -0.2) is 27.2 Å². The van der Waals surface area contributed by atoms with E-state index in [0.29, 0.717) is 25.5 Å². The van der Waals surface area contributed by atoms with Gasteiger partial charge in [0.2, 0.25) is 11.9 Å². The van der Waals surface area contributed by atoms with Crippen LogP contribution >= 0.6 is 15.9 Å². The quantitative estimate of drug-likeness (QED) is 0.655. The van der Waals surface area contributed by atoms with Crippen molar-refractivity contribution in [3.8, 4) is 0 Å². The van der Waals surface area contributed by atoms with Crippen LogP contribution in [0.25, 0.3) is 0 Å². The SMILES string of the molecule is NCCCCCCC(=O)Nc1ncn(Cc2cccc(Br)c2)n1. The highest BCUT2D eigenvalue weighted by molar-refractivity contribution is 9.10. The van der Waals surface area contributed by atoms with E-state index >= 15 is 0 Å². The smallest absolute Gasteiger partial charge is 0.248 e. The molecule has 2 aromatic rings. The highest BCUT2D eigenvalue weighted by Crippen LogP contribution is 2.12. The van der Waals surface area contributed by atoms with Gasteiger partial charge < -0.3 is 5.73 Å². The largest absolute Gasteiger partial charge is 0.330 e. The van der Waals surface area contributed by atoms with Gasteiger partial charge in [0, 0.05) is 10.9 Å². The molecule has 0 aliphatic carbocycles. The third-order valence-corrected chi connectivity index (χ3v) is 3.87. The number of nitrogens with one attached hydrogen (secondary N) is 1. The summed E-state index contributed by atoms with van der Waals surface area (Å²) in [6.07, 6.45) is 6.09. The minimum Gasteiger partial charge on any atom is -0.330 e. The molecule has 2 rings (SSSR count). The molecule has 0 saturated heterocycles. The molecule has 0 unspecified atom stereocenters. The van der Waals surface area contributed by atoms with Crippen LogP contribution in [-0.2, 0) is 11.3 Å². The molecule has 3 N–H and O–H groups in total. The van der Waals surface area contributed by atoms with Crippen LogP contribution in [0.2, 0.25) is 0 Å². The molecule has 23 heavy (non-hydrogen) atoms. The minimum absolute atomic E-state index is 0.0436. The van der Waals surface area contributed by atoms with Crippen LogP contribution in [0, 0.1) is 0 Å². The lowest BCUT2D eigenvalue weighted by atomic mass is 10.1. The minimum atomic E-state index is -0.0436. The van der Waals surface area contributed by atoms with Gasteiger partial charge in [-0.15, -0.1) is 5.10 Å². The number of rotatable bonds is 9. The molecule has 1 aromatic carbocycles. The van der Waals surface area contributed by atoms with E-state index in [1.807, 2.05) is 24.3 Å². The number of nitrogens with two attached hydrogens (primary N) is 1. The molecule has 1 aromatic heterocycles. The fraction of sp³-hybridized carbons (Fsp3) is 0.438. The maximum atomic E-state index is 11.8. The zero-order valence-corrected chi connectivity index (χ0v) is 14.6. The van der Waals surface area contributed by atoms with Crippen molar-refractivity contribution < 1.29 is 4.79 Å². The van der Waals surface area contributed by atoms with Crippen LogP contribution in [0.4, 0.5) is 5.95 Å². The summed E-state index contributed by atoms with van der Waals surface area (Å²) in [5, 5.41) is 7.01. The predicted octanol–water partition coefficient (Wildman–Crippen LogP) is 2.94. The highest BCUT2D eigenvalue weighted by atomic mass is 79.9. The molecular formula is C16H22BrN5O. The summed E-state index contributed by atoms with van der Waals surface area (Å²) < 4.78 is 2.73. The van der Waals surface area contributed by atoms with Crippen molar-refractivity contribution in [3.05, 3.63) is 40.6 Å². The van der Waals surface area contributed by atoms with Gasteiger partial charge in [0.15, 0.2) is 0 Å². The molecule has 0 radical (unpaired) electrons. The van der Waals surface area contributed by atoms with Gasteiger partial charge in [-0.25, -0.2) is 9.67 Å². The van der Waals surface area contributed by atoms with Crippen LogP contribution in [0.1, 0.15) is 37.7 Å². The molecule has 1 heterocycles. The zero-order valence-electron chi connectivity index (χ0n) is 13.0. The van der Waals surface area contributed by atoms with E-state index in [1.165, 1.54) is 0 Å². The van der Waals surface area contributed by atoms with Crippen LogP contribution in [0.15, 0.2) is 35.1 Å². The lowest BCUT2D eigenvalue weighted by Gasteiger charge is -2.02. The summed E-state index contributed by atoms with van der Waals surface area (Å²) >= 11 is 3.44. The summed E-state index contributed by atoms with van der Waals surface area (Å²) in [4.78, 5) is 16.0. The second-order valence-corrected chi connectivity index (χ2v) is 6.31. The zero-order chi connectivity index (χ0) is 16.5. The van der Waals surface area contributed by atoms with E-state index in [2.05, 4.69) is 31.3 Å². The van der Waals surface area contributed by atoms with E-state index < -0.39 is 0 Å².